The summed E-state index contributed by atoms with van der Waals surface area (Å²) in [6.45, 7) is 6.64. The van der Waals surface area contributed by atoms with Crippen molar-refractivity contribution in [3.05, 3.63) is 23.9 Å². The predicted octanol–water partition coefficient (Wildman–Crippen LogP) is 2.70. The van der Waals surface area contributed by atoms with Gasteiger partial charge in [-0.1, -0.05) is 32.4 Å². The zero-order chi connectivity index (χ0) is 11.1. The molecular weight excluding hydrogens is 186 g/mol. The molecule has 1 aliphatic carbocycles. The Labute approximate surface area is 93.3 Å². The first-order valence-electron chi connectivity index (χ1n) is 6.08. The number of nitrogens with zero attached hydrogens (tertiary/aromatic N) is 1. The van der Waals surface area contributed by atoms with Crippen molar-refractivity contribution in [1.29, 1.82) is 0 Å². The Hall–Kier alpha value is -0.760. The van der Waals surface area contributed by atoms with Crippen molar-refractivity contribution in [2.45, 2.75) is 45.6 Å². The lowest BCUT2D eigenvalue weighted by molar-refractivity contribution is 0.201. The molecule has 15 heavy (non-hydrogen) atoms. The van der Waals surface area contributed by atoms with Gasteiger partial charge in [0, 0.05) is 25.2 Å². The first-order valence-corrected chi connectivity index (χ1v) is 6.08. The van der Waals surface area contributed by atoms with Gasteiger partial charge in [-0.3, -0.25) is 0 Å². The maximum Gasteiger partial charge on any atom is 0.0778 e. The molecule has 0 aromatic heterocycles. The quantitative estimate of drug-likeness (QED) is 0.727. The summed E-state index contributed by atoms with van der Waals surface area (Å²) in [4.78, 5) is 2.41. The van der Waals surface area contributed by atoms with E-state index in [1.807, 2.05) is 12.2 Å². The standard InChI is InChI=1S/C13H23NO/c1-3-5-10-14(9-4-2)12-7-6-8-13(15)11-12/h6-8,13,15H,3-5,9-11H2,1-2H3. The predicted molar refractivity (Wildman–Crippen MR) is 64.6 cm³/mol. The average Bonchev–Trinajstić information content (AvgIpc) is 2.24. The fourth-order valence-corrected chi connectivity index (χ4v) is 1.90. The Morgan fingerprint density at radius 3 is 2.73 bits per heavy atom. The van der Waals surface area contributed by atoms with E-state index in [0.717, 1.165) is 19.5 Å². The van der Waals surface area contributed by atoms with Crippen LogP contribution in [0.4, 0.5) is 0 Å². The summed E-state index contributed by atoms with van der Waals surface area (Å²) in [6, 6.07) is 0. The monoisotopic (exact) mass is 209 g/mol. The molecule has 1 aliphatic rings. The summed E-state index contributed by atoms with van der Waals surface area (Å²) in [5.74, 6) is 0. The van der Waals surface area contributed by atoms with Gasteiger partial charge in [-0.2, -0.15) is 0 Å². The van der Waals surface area contributed by atoms with Crippen LogP contribution >= 0.6 is 0 Å². The lowest BCUT2D eigenvalue weighted by Crippen LogP contribution is -2.28. The van der Waals surface area contributed by atoms with E-state index in [9.17, 15) is 5.11 Å². The number of unbranched alkanes of at least 4 members (excludes halogenated alkanes) is 1. The smallest absolute Gasteiger partial charge is 0.0778 e. The maximum atomic E-state index is 9.57. The van der Waals surface area contributed by atoms with E-state index in [0.29, 0.717) is 0 Å². The van der Waals surface area contributed by atoms with E-state index in [1.165, 1.54) is 25.0 Å². The van der Waals surface area contributed by atoms with Crippen molar-refractivity contribution < 1.29 is 5.11 Å². The third-order valence-corrected chi connectivity index (χ3v) is 2.72. The number of allylic oxidation sites excluding steroid dienone is 2. The second-order valence-electron chi connectivity index (χ2n) is 4.15. The van der Waals surface area contributed by atoms with Crippen molar-refractivity contribution in [1.82, 2.24) is 4.90 Å². The van der Waals surface area contributed by atoms with E-state index in [2.05, 4.69) is 24.8 Å². The van der Waals surface area contributed by atoms with Gasteiger partial charge in [0.15, 0.2) is 0 Å². The highest BCUT2D eigenvalue weighted by molar-refractivity contribution is 5.19. The summed E-state index contributed by atoms with van der Waals surface area (Å²) in [7, 11) is 0. The molecule has 1 unspecified atom stereocenters. The van der Waals surface area contributed by atoms with Crippen LogP contribution < -0.4 is 0 Å². The summed E-state index contributed by atoms with van der Waals surface area (Å²) < 4.78 is 0. The molecule has 0 aromatic carbocycles. The molecule has 0 spiro atoms. The van der Waals surface area contributed by atoms with Crippen LogP contribution in [0.3, 0.4) is 0 Å². The van der Waals surface area contributed by atoms with Crippen molar-refractivity contribution in [3.8, 4) is 0 Å². The molecule has 0 aromatic rings. The number of aliphatic hydroxyl groups excluding tert-OH is 1. The molecule has 0 saturated heterocycles. The van der Waals surface area contributed by atoms with Gasteiger partial charge in [0.1, 0.15) is 0 Å². The minimum absolute atomic E-state index is 0.286. The van der Waals surface area contributed by atoms with E-state index in [-0.39, 0.29) is 6.10 Å². The zero-order valence-electron chi connectivity index (χ0n) is 9.95. The van der Waals surface area contributed by atoms with E-state index < -0.39 is 0 Å². The lowest BCUT2D eigenvalue weighted by atomic mass is 10.1. The highest BCUT2D eigenvalue weighted by atomic mass is 16.3. The topological polar surface area (TPSA) is 23.5 Å². The van der Waals surface area contributed by atoms with Crippen molar-refractivity contribution >= 4 is 0 Å². The third-order valence-electron chi connectivity index (χ3n) is 2.72. The Balaban J connectivity index is 2.54. The molecule has 0 heterocycles. The van der Waals surface area contributed by atoms with E-state index in [1.54, 1.807) is 0 Å². The molecule has 1 atom stereocenters. The van der Waals surface area contributed by atoms with Gasteiger partial charge in [-0.25, -0.2) is 0 Å². The second-order valence-corrected chi connectivity index (χ2v) is 4.15. The van der Waals surface area contributed by atoms with E-state index in [4.69, 9.17) is 0 Å². The summed E-state index contributed by atoms with van der Waals surface area (Å²) in [5, 5.41) is 9.57. The van der Waals surface area contributed by atoms with Crippen LogP contribution in [-0.2, 0) is 0 Å². The first-order chi connectivity index (χ1) is 7.27. The average molecular weight is 209 g/mol. The highest BCUT2D eigenvalue weighted by Crippen LogP contribution is 2.18. The van der Waals surface area contributed by atoms with Crippen LogP contribution in [0.5, 0.6) is 0 Å². The van der Waals surface area contributed by atoms with Gasteiger partial charge in [-0.05, 0) is 18.9 Å². The molecule has 0 aliphatic heterocycles. The van der Waals surface area contributed by atoms with Crippen LogP contribution in [0.2, 0.25) is 0 Å². The van der Waals surface area contributed by atoms with Gasteiger partial charge in [0.25, 0.3) is 0 Å². The molecule has 2 nitrogen and oxygen atoms in total. The number of hydrogen-bond donors (Lipinski definition) is 1. The van der Waals surface area contributed by atoms with Crippen LogP contribution in [0.25, 0.3) is 0 Å². The van der Waals surface area contributed by atoms with Crippen molar-refractivity contribution in [2.24, 2.45) is 0 Å². The molecular formula is C13H23NO. The SMILES string of the molecule is CCCCN(CCC)C1=CC=CC(O)C1. The van der Waals surface area contributed by atoms with Crippen molar-refractivity contribution in [3.63, 3.8) is 0 Å². The number of rotatable bonds is 6. The Kier molecular flexibility index (Phi) is 5.48. The molecule has 86 valence electrons. The Bertz CT molecular complexity index is 233. The summed E-state index contributed by atoms with van der Waals surface area (Å²) in [5.41, 5.74) is 1.29. The fourth-order valence-electron chi connectivity index (χ4n) is 1.90. The molecule has 1 N–H and O–H groups in total. The number of hydrogen-bond acceptors (Lipinski definition) is 2. The molecule has 0 fully saturated rings. The Morgan fingerprint density at radius 1 is 1.33 bits per heavy atom. The van der Waals surface area contributed by atoms with Crippen LogP contribution in [0, 0.1) is 0 Å². The minimum Gasteiger partial charge on any atom is -0.389 e. The van der Waals surface area contributed by atoms with Gasteiger partial charge in [0.05, 0.1) is 6.10 Å². The van der Waals surface area contributed by atoms with Gasteiger partial charge in [-0.15, -0.1) is 0 Å². The van der Waals surface area contributed by atoms with Crippen LogP contribution in [0.1, 0.15) is 39.5 Å². The molecule has 0 saturated carbocycles. The summed E-state index contributed by atoms with van der Waals surface area (Å²) in [6.07, 6.45) is 10.1. The first kappa shape index (κ1) is 12.3. The van der Waals surface area contributed by atoms with Gasteiger partial charge >= 0.3 is 0 Å². The molecule has 0 radical (unpaired) electrons. The van der Waals surface area contributed by atoms with Gasteiger partial charge in [0.2, 0.25) is 0 Å². The zero-order valence-corrected chi connectivity index (χ0v) is 9.95. The largest absolute Gasteiger partial charge is 0.389 e. The molecule has 2 heteroatoms. The molecule has 0 bridgehead atoms. The van der Waals surface area contributed by atoms with Crippen LogP contribution in [-0.4, -0.2) is 29.2 Å². The van der Waals surface area contributed by atoms with Crippen molar-refractivity contribution in [2.75, 3.05) is 13.1 Å². The Morgan fingerprint density at radius 2 is 2.13 bits per heavy atom. The maximum absolute atomic E-state index is 9.57. The van der Waals surface area contributed by atoms with Gasteiger partial charge < -0.3 is 10.0 Å². The molecule has 0 amide bonds. The molecule has 1 rings (SSSR count). The van der Waals surface area contributed by atoms with E-state index >= 15 is 0 Å². The normalized spacial score (nSPS) is 20.2. The highest BCUT2D eigenvalue weighted by Gasteiger charge is 2.13. The van der Waals surface area contributed by atoms with Crippen LogP contribution in [0.15, 0.2) is 23.9 Å². The number of aliphatic hydroxyl groups is 1. The summed E-state index contributed by atoms with van der Waals surface area (Å²) >= 11 is 0. The second kappa shape index (κ2) is 6.67. The lowest BCUT2D eigenvalue weighted by Gasteiger charge is -2.29. The third kappa shape index (κ3) is 4.08. The fraction of sp³-hybridized carbons (Fsp3) is 0.692. The minimum atomic E-state index is -0.286.